The zero-order chi connectivity index (χ0) is 28.8. The van der Waals surface area contributed by atoms with Crippen LogP contribution in [-0.2, 0) is 16.1 Å². The topological polar surface area (TPSA) is 153 Å². The molecule has 41 heavy (non-hydrogen) atoms. The molecule has 0 radical (unpaired) electrons. The number of carbonyl (C=O) groups is 4. The van der Waals surface area contributed by atoms with Crippen molar-refractivity contribution >= 4 is 23.9 Å². The van der Waals surface area contributed by atoms with Gasteiger partial charge in [0, 0.05) is 18.3 Å². The number of hydrogen-bond acceptors (Lipinski definition) is 7. The Bertz CT molecular complexity index is 1240. The number of alkyl carbamates (subject to hydrolysis) is 1. The SMILES string of the molecule is NC(=O)c1cccnc1O[C@H]1CC[C@H](N2C(=O)N[C@@H](CC3CCC(NC(=O)OCc4ccccc4)CC3)C2=O)CC1. The van der Waals surface area contributed by atoms with E-state index in [1.165, 1.54) is 4.90 Å². The smallest absolute Gasteiger partial charge is 0.407 e. The highest BCUT2D eigenvalue weighted by molar-refractivity contribution is 6.04. The van der Waals surface area contributed by atoms with Crippen LogP contribution in [0.25, 0.3) is 0 Å². The van der Waals surface area contributed by atoms with Gasteiger partial charge in [0.25, 0.3) is 11.8 Å². The summed E-state index contributed by atoms with van der Waals surface area (Å²) in [6, 6.07) is 11.8. The van der Waals surface area contributed by atoms with E-state index in [1.54, 1.807) is 18.3 Å². The maximum atomic E-state index is 13.3. The van der Waals surface area contributed by atoms with E-state index in [0.717, 1.165) is 31.2 Å². The highest BCUT2D eigenvalue weighted by Gasteiger charge is 2.44. The number of primary amides is 1. The normalized spacial score (nSPS) is 26.2. The molecule has 2 saturated carbocycles. The van der Waals surface area contributed by atoms with Gasteiger partial charge in [0.05, 0.1) is 0 Å². The highest BCUT2D eigenvalue weighted by atomic mass is 16.5. The van der Waals surface area contributed by atoms with E-state index in [9.17, 15) is 19.2 Å². The lowest BCUT2D eigenvalue weighted by molar-refractivity contribution is -0.130. The summed E-state index contributed by atoms with van der Waals surface area (Å²) in [5.41, 5.74) is 6.59. The van der Waals surface area contributed by atoms with Gasteiger partial charge in [-0.1, -0.05) is 30.3 Å². The summed E-state index contributed by atoms with van der Waals surface area (Å²) in [5.74, 6) is -0.250. The fourth-order valence-electron chi connectivity index (χ4n) is 6.11. The van der Waals surface area contributed by atoms with Crippen LogP contribution in [0.1, 0.15) is 73.7 Å². The molecule has 3 aliphatic rings. The predicted octanol–water partition coefficient (Wildman–Crippen LogP) is 3.67. The van der Waals surface area contributed by atoms with Crippen LogP contribution in [0.3, 0.4) is 0 Å². The molecule has 0 bridgehead atoms. The maximum absolute atomic E-state index is 13.3. The minimum atomic E-state index is -0.599. The van der Waals surface area contributed by atoms with Crippen molar-refractivity contribution < 1.29 is 28.7 Å². The van der Waals surface area contributed by atoms with Crippen molar-refractivity contribution in [2.75, 3.05) is 0 Å². The molecule has 2 aliphatic carbocycles. The minimum absolute atomic E-state index is 0.0439. The van der Waals surface area contributed by atoms with E-state index in [1.807, 2.05) is 30.3 Å². The van der Waals surface area contributed by atoms with Gasteiger partial charge in [-0.05, 0) is 81.4 Å². The molecule has 1 aliphatic heterocycles. The number of nitrogens with zero attached hydrogens (tertiary/aromatic N) is 2. The summed E-state index contributed by atoms with van der Waals surface area (Å²) >= 11 is 0. The molecule has 3 fully saturated rings. The van der Waals surface area contributed by atoms with E-state index in [-0.39, 0.29) is 48.2 Å². The Morgan fingerprint density at radius 2 is 1.71 bits per heavy atom. The van der Waals surface area contributed by atoms with Crippen LogP contribution in [-0.4, -0.2) is 58.1 Å². The molecule has 4 N–H and O–H groups in total. The standard InChI is InChI=1S/C30H37N5O6/c31-26(36)24-7-4-16-32-27(24)41-23-14-12-22(13-15-23)35-28(37)25(34-29(35)38)17-19-8-10-21(11-9-19)33-30(39)40-18-20-5-2-1-3-6-20/h1-7,16,19,21-23,25H,8-15,17-18H2,(H2,31,36)(H,33,39)(H,34,38)/t19?,21?,22-,23-,25-/m0/s1. The van der Waals surface area contributed by atoms with Crippen molar-refractivity contribution in [2.45, 2.75) is 88.6 Å². The zero-order valence-electron chi connectivity index (χ0n) is 23.0. The molecule has 11 heteroatoms. The molecule has 1 atom stereocenters. The van der Waals surface area contributed by atoms with Gasteiger partial charge in [0.15, 0.2) is 0 Å². The van der Waals surface area contributed by atoms with E-state index >= 15 is 0 Å². The van der Waals surface area contributed by atoms with Crippen LogP contribution in [0.4, 0.5) is 9.59 Å². The molecule has 2 heterocycles. The van der Waals surface area contributed by atoms with Crippen LogP contribution in [0.5, 0.6) is 5.88 Å². The van der Waals surface area contributed by atoms with Crippen LogP contribution in [0.2, 0.25) is 0 Å². The number of aromatic nitrogens is 1. The minimum Gasteiger partial charge on any atom is -0.474 e. The van der Waals surface area contributed by atoms with E-state index in [0.29, 0.717) is 38.0 Å². The number of nitrogens with two attached hydrogens (primary N) is 1. The molecular formula is C30H37N5O6. The number of ether oxygens (including phenoxy) is 2. The van der Waals surface area contributed by atoms with Crippen molar-refractivity contribution in [2.24, 2.45) is 11.7 Å². The van der Waals surface area contributed by atoms with Gasteiger partial charge < -0.3 is 25.8 Å². The van der Waals surface area contributed by atoms with Gasteiger partial charge in [0.2, 0.25) is 5.88 Å². The lowest BCUT2D eigenvalue weighted by Gasteiger charge is -2.33. The zero-order valence-corrected chi connectivity index (χ0v) is 23.0. The molecule has 1 saturated heterocycles. The third-order valence-corrected chi connectivity index (χ3v) is 8.33. The Morgan fingerprint density at radius 3 is 2.41 bits per heavy atom. The number of pyridine rings is 1. The fraction of sp³-hybridized carbons (Fsp3) is 0.500. The van der Waals surface area contributed by atoms with Crippen molar-refractivity contribution in [3.8, 4) is 5.88 Å². The predicted molar refractivity (Wildman–Crippen MR) is 149 cm³/mol. The summed E-state index contributed by atoms with van der Waals surface area (Å²) in [4.78, 5) is 55.5. The van der Waals surface area contributed by atoms with Gasteiger partial charge in [-0.2, -0.15) is 0 Å². The first-order chi connectivity index (χ1) is 19.9. The molecule has 1 aromatic heterocycles. The second-order valence-electron chi connectivity index (χ2n) is 11.1. The summed E-state index contributed by atoms with van der Waals surface area (Å²) in [6.45, 7) is 0.233. The first-order valence-electron chi connectivity index (χ1n) is 14.4. The molecule has 0 unspecified atom stereocenters. The first-order valence-corrected chi connectivity index (χ1v) is 14.4. The Balaban J connectivity index is 1.04. The fourth-order valence-corrected chi connectivity index (χ4v) is 6.11. The highest BCUT2D eigenvalue weighted by Crippen LogP contribution is 2.32. The van der Waals surface area contributed by atoms with E-state index in [2.05, 4.69) is 15.6 Å². The van der Waals surface area contributed by atoms with Crippen molar-refractivity contribution in [1.29, 1.82) is 0 Å². The lowest BCUT2D eigenvalue weighted by Crippen LogP contribution is -2.44. The molecule has 1 aromatic carbocycles. The van der Waals surface area contributed by atoms with Gasteiger partial charge in [-0.25, -0.2) is 14.6 Å². The lowest BCUT2D eigenvalue weighted by atomic mass is 9.82. The Kier molecular flexibility index (Phi) is 9.01. The van der Waals surface area contributed by atoms with Crippen LogP contribution < -0.4 is 21.1 Å². The summed E-state index contributed by atoms with van der Waals surface area (Å²) < 4.78 is 11.3. The van der Waals surface area contributed by atoms with Gasteiger partial charge in [-0.3, -0.25) is 14.5 Å². The van der Waals surface area contributed by atoms with Crippen LogP contribution in [0.15, 0.2) is 48.7 Å². The number of nitrogens with one attached hydrogen (secondary N) is 2. The first kappa shape index (κ1) is 28.4. The molecule has 2 aromatic rings. The Labute approximate surface area is 239 Å². The molecule has 5 amide bonds. The monoisotopic (exact) mass is 563 g/mol. The van der Waals surface area contributed by atoms with E-state index < -0.39 is 18.0 Å². The van der Waals surface area contributed by atoms with Crippen molar-refractivity contribution in [1.82, 2.24) is 20.5 Å². The molecule has 218 valence electrons. The van der Waals surface area contributed by atoms with E-state index in [4.69, 9.17) is 15.2 Å². The number of rotatable bonds is 9. The van der Waals surface area contributed by atoms with Gasteiger partial charge in [-0.15, -0.1) is 0 Å². The Hall–Kier alpha value is -4.15. The van der Waals surface area contributed by atoms with Gasteiger partial charge >= 0.3 is 12.1 Å². The maximum Gasteiger partial charge on any atom is 0.407 e. The molecular weight excluding hydrogens is 526 g/mol. The number of benzene rings is 1. The molecule has 0 spiro atoms. The number of imide groups is 1. The second kappa shape index (κ2) is 13.0. The molecule has 11 nitrogen and oxygen atoms in total. The third-order valence-electron chi connectivity index (χ3n) is 8.33. The molecule has 5 rings (SSSR count). The van der Waals surface area contributed by atoms with Gasteiger partial charge in [0.1, 0.15) is 24.3 Å². The average molecular weight is 564 g/mol. The number of carbonyl (C=O) groups excluding carboxylic acids is 4. The quantitative estimate of drug-likeness (QED) is 0.394. The summed E-state index contributed by atoms with van der Waals surface area (Å²) in [6.07, 6.45) is 7.40. The number of amides is 5. The number of hydrogen-bond donors (Lipinski definition) is 3. The van der Waals surface area contributed by atoms with Crippen LogP contribution >= 0.6 is 0 Å². The van der Waals surface area contributed by atoms with Crippen molar-refractivity contribution in [3.63, 3.8) is 0 Å². The van der Waals surface area contributed by atoms with Crippen molar-refractivity contribution in [3.05, 3.63) is 59.8 Å². The second-order valence-corrected chi connectivity index (χ2v) is 11.1. The van der Waals surface area contributed by atoms with Crippen LogP contribution in [0, 0.1) is 5.92 Å². The summed E-state index contributed by atoms with van der Waals surface area (Å²) in [5, 5.41) is 5.85. The summed E-state index contributed by atoms with van der Waals surface area (Å²) in [7, 11) is 0. The number of urea groups is 1. The average Bonchev–Trinajstić information content (AvgIpc) is 3.26. The Morgan fingerprint density at radius 1 is 0.976 bits per heavy atom. The third kappa shape index (κ3) is 7.14. The largest absolute Gasteiger partial charge is 0.474 e.